The third kappa shape index (κ3) is 6.64. The fraction of sp³-hybridized carbons (Fsp3) is 0.300. The van der Waals surface area contributed by atoms with Crippen molar-refractivity contribution in [3.8, 4) is 0 Å². The van der Waals surface area contributed by atoms with Gasteiger partial charge in [0.05, 0.1) is 22.9 Å². The topological polar surface area (TPSA) is 103 Å². The number of nitrogens with zero attached hydrogens (tertiary/aromatic N) is 4. The molecule has 2 aromatic heterocycles. The van der Waals surface area contributed by atoms with E-state index in [1.807, 2.05) is 0 Å². The maximum atomic E-state index is 13.8. The molecule has 0 fully saturated rings. The summed E-state index contributed by atoms with van der Waals surface area (Å²) < 4.78 is 22.5. The number of halogens is 2. The molecule has 0 saturated carbocycles. The molecule has 0 saturated heterocycles. The Morgan fingerprint density at radius 3 is 2.61 bits per heavy atom. The highest BCUT2D eigenvalue weighted by molar-refractivity contribution is 9.10. The van der Waals surface area contributed by atoms with Gasteiger partial charge in [0.2, 0.25) is 5.91 Å². The molecule has 9 nitrogen and oxygen atoms in total. The first kappa shape index (κ1) is 22.5. The van der Waals surface area contributed by atoms with E-state index in [4.69, 9.17) is 4.74 Å². The molecule has 0 unspecified atom stereocenters. The maximum absolute atomic E-state index is 13.8. The molecule has 0 bridgehead atoms. The van der Waals surface area contributed by atoms with Gasteiger partial charge in [-0.15, -0.1) is 0 Å². The zero-order valence-electron chi connectivity index (χ0n) is 17.2. The van der Waals surface area contributed by atoms with Crippen molar-refractivity contribution >= 4 is 39.4 Å². The van der Waals surface area contributed by atoms with E-state index in [1.165, 1.54) is 27.8 Å². The third-order valence-corrected chi connectivity index (χ3v) is 4.43. The molecule has 0 aliphatic heterocycles. The molecule has 31 heavy (non-hydrogen) atoms. The number of hydrogen-bond donors (Lipinski definition) is 2. The minimum absolute atomic E-state index is 0.0946. The number of aromatic nitrogens is 4. The molecule has 0 aliphatic rings. The summed E-state index contributed by atoms with van der Waals surface area (Å²) in [5, 5.41) is 13.5. The van der Waals surface area contributed by atoms with Crippen LogP contribution >= 0.6 is 15.9 Å². The molecule has 0 aliphatic carbocycles. The molecule has 164 valence electrons. The molecule has 0 spiro atoms. The summed E-state index contributed by atoms with van der Waals surface area (Å²) in [6.45, 7) is 5.41. The number of anilines is 2. The second kappa shape index (κ2) is 9.29. The Kier molecular flexibility index (Phi) is 6.74. The summed E-state index contributed by atoms with van der Waals surface area (Å²) >= 11 is 3.34. The number of benzene rings is 1. The fourth-order valence-corrected chi connectivity index (χ4v) is 3.03. The van der Waals surface area contributed by atoms with Crippen molar-refractivity contribution < 1.29 is 18.7 Å². The smallest absolute Gasteiger partial charge is 0.412 e. The molecule has 1 aromatic carbocycles. The second-order valence-corrected chi connectivity index (χ2v) is 8.57. The van der Waals surface area contributed by atoms with Gasteiger partial charge in [0, 0.05) is 18.0 Å². The first-order chi connectivity index (χ1) is 14.6. The van der Waals surface area contributed by atoms with Gasteiger partial charge in [0.1, 0.15) is 18.0 Å². The molecule has 3 rings (SSSR count). The van der Waals surface area contributed by atoms with Crippen molar-refractivity contribution in [1.29, 1.82) is 0 Å². The third-order valence-electron chi connectivity index (χ3n) is 3.85. The van der Waals surface area contributed by atoms with Gasteiger partial charge < -0.3 is 10.1 Å². The van der Waals surface area contributed by atoms with Crippen LogP contribution in [0.15, 0.2) is 47.3 Å². The predicted molar refractivity (Wildman–Crippen MR) is 116 cm³/mol. The molecule has 3 aromatic rings. The minimum atomic E-state index is -0.622. The Hall–Kier alpha value is -3.21. The molecular formula is C20H22BrFN6O3. The van der Waals surface area contributed by atoms with Gasteiger partial charge in [0.15, 0.2) is 5.82 Å². The van der Waals surface area contributed by atoms with E-state index in [0.29, 0.717) is 21.5 Å². The average Bonchev–Trinajstić information content (AvgIpc) is 3.21. The van der Waals surface area contributed by atoms with Crippen LogP contribution in [0.5, 0.6) is 0 Å². The molecule has 2 heterocycles. The molecule has 2 N–H and O–H groups in total. The summed E-state index contributed by atoms with van der Waals surface area (Å²) in [6, 6.07) is 6.42. The second-order valence-electron chi connectivity index (χ2n) is 7.72. The lowest BCUT2D eigenvalue weighted by Gasteiger charge is -2.19. The standard InChI is InChI=1S/C20H22BrFN6O3/c1-20(2,3)31-19(30)24-14-8-23-27(10-14)12-17(29)25-18-15(21)11-28(26-18)9-13-6-4-5-7-16(13)22/h4-8,10-11H,9,12H2,1-3H3,(H,24,30)(H,25,26,29). The summed E-state index contributed by atoms with van der Waals surface area (Å²) in [7, 11) is 0. The number of nitrogens with one attached hydrogen (secondary N) is 2. The molecule has 11 heteroatoms. The highest BCUT2D eigenvalue weighted by Gasteiger charge is 2.17. The lowest BCUT2D eigenvalue weighted by atomic mass is 10.2. The van der Waals surface area contributed by atoms with Crippen LogP contribution in [0.4, 0.5) is 20.7 Å². The van der Waals surface area contributed by atoms with Crippen molar-refractivity contribution in [1.82, 2.24) is 19.6 Å². The summed E-state index contributed by atoms with van der Waals surface area (Å²) in [5.41, 5.74) is 0.262. The van der Waals surface area contributed by atoms with Crippen molar-refractivity contribution in [2.24, 2.45) is 0 Å². The maximum Gasteiger partial charge on any atom is 0.412 e. The zero-order chi connectivity index (χ0) is 22.6. The number of carbonyl (C=O) groups is 2. The normalized spacial score (nSPS) is 11.3. The zero-order valence-corrected chi connectivity index (χ0v) is 18.8. The molecule has 0 radical (unpaired) electrons. The fourth-order valence-electron chi connectivity index (χ4n) is 2.62. The van der Waals surface area contributed by atoms with Gasteiger partial charge >= 0.3 is 6.09 Å². The Bertz CT molecular complexity index is 1090. The van der Waals surface area contributed by atoms with Gasteiger partial charge in [-0.25, -0.2) is 9.18 Å². The first-order valence-electron chi connectivity index (χ1n) is 9.38. The lowest BCUT2D eigenvalue weighted by Crippen LogP contribution is -2.27. The quantitative estimate of drug-likeness (QED) is 0.540. The van der Waals surface area contributed by atoms with Gasteiger partial charge in [-0.2, -0.15) is 10.2 Å². The van der Waals surface area contributed by atoms with Gasteiger partial charge in [-0.3, -0.25) is 19.5 Å². The number of rotatable bonds is 6. The first-order valence-corrected chi connectivity index (χ1v) is 10.2. The largest absolute Gasteiger partial charge is 0.444 e. The molecule has 2 amide bonds. The highest BCUT2D eigenvalue weighted by Crippen LogP contribution is 2.21. The van der Waals surface area contributed by atoms with Gasteiger partial charge in [0.25, 0.3) is 0 Å². The van der Waals surface area contributed by atoms with Crippen LogP contribution in [-0.2, 0) is 22.6 Å². The van der Waals surface area contributed by atoms with Crippen molar-refractivity contribution in [2.75, 3.05) is 10.6 Å². The van der Waals surface area contributed by atoms with E-state index >= 15 is 0 Å². The van der Waals surface area contributed by atoms with E-state index in [-0.39, 0.29) is 24.8 Å². The van der Waals surface area contributed by atoms with E-state index in [2.05, 4.69) is 36.8 Å². The Labute approximate surface area is 186 Å². The molecule has 0 atom stereocenters. The summed E-state index contributed by atoms with van der Waals surface area (Å²) in [5.74, 6) is -0.390. The van der Waals surface area contributed by atoms with E-state index in [9.17, 15) is 14.0 Å². The Balaban J connectivity index is 1.57. The SMILES string of the molecule is CC(C)(C)OC(=O)Nc1cnn(CC(=O)Nc2nn(Cc3ccccc3F)cc2Br)c1. The Morgan fingerprint density at radius 2 is 1.90 bits per heavy atom. The van der Waals surface area contributed by atoms with Crippen LogP contribution in [-0.4, -0.2) is 37.2 Å². The van der Waals surface area contributed by atoms with Crippen LogP contribution in [0.25, 0.3) is 0 Å². The summed E-state index contributed by atoms with van der Waals surface area (Å²) in [6.07, 6.45) is 3.96. The monoisotopic (exact) mass is 492 g/mol. The predicted octanol–water partition coefficient (Wildman–Crippen LogP) is 4.02. The summed E-state index contributed by atoms with van der Waals surface area (Å²) in [4.78, 5) is 24.2. The van der Waals surface area contributed by atoms with Crippen LogP contribution < -0.4 is 10.6 Å². The minimum Gasteiger partial charge on any atom is -0.444 e. The van der Waals surface area contributed by atoms with E-state index in [1.54, 1.807) is 45.2 Å². The number of hydrogen-bond acceptors (Lipinski definition) is 5. The van der Waals surface area contributed by atoms with E-state index in [0.717, 1.165) is 0 Å². The van der Waals surface area contributed by atoms with Gasteiger partial charge in [-0.05, 0) is 42.8 Å². The molecular weight excluding hydrogens is 471 g/mol. The van der Waals surface area contributed by atoms with Crippen molar-refractivity contribution in [3.63, 3.8) is 0 Å². The lowest BCUT2D eigenvalue weighted by molar-refractivity contribution is -0.116. The van der Waals surface area contributed by atoms with Crippen LogP contribution in [0.1, 0.15) is 26.3 Å². The van der Waals surface area contributed by atoms with Crippen LogP contribution in [0, 0.1) is 5.82 Å². The number of amides is 2. The number of ether oxygens (including phenoxy) is 1. The number of carbonyl (C=O) groups excluding carboxylic acids is 2. The van der Waals surface area contributed by atoms with Gasteiger partial charge in [-0.1, -0.05) is 18.2 Å². The van der Waals surface area contributed by atoms with Crippen LogP contribution in [0.2, 0.25) is 0 Å². The average molecular weight is 493 g/mol. The van der Waals surface area contributed by atoms with Crippen molar-refractivity contribution in [2.45, 2.75) is 39.5 Å². The highest BCUT2D eigenvalue weighted by atomic mass is 79.9. The Morgan fingerprint density at radius 1 is 1.16 bits per heavy atom. The van der Waals surface area contributed by atoms with E-state index < -0.39 is 11.7 Å². The van der Waals surface area contributed by atoms with Crippen molar-refractivity contribution in [3.05, 3.63) is 58.7 Å². The van der Waals surface area contributed by atoms with Crippen LogP contribution in [0.3, 0.4) is 0 Å².